The van der Waals surface area contributed by atoms with Gasteiger partial charge in [-0.25, -0.2) is 4.98 Å². The number of pyridine rings is 1. The van der Waals surface area contributed by atoms with Gasteiger partial charge in [0.2, 0.25) is 0 Å². The van der Waals surface area contributed by atoms with Gasteiger partial charge < -0.3 is 10.2 Å². The average Bonchev–Trinajstić information content (AvgIpc) is 2.88. The molecule has 2 aromatic heterocycles. The second-order valence-electron chi connectivity index (χ2n) is 5.58. The maximum absolute atomic E-state index is 12.4. The molecule has 1 amide bonds. The number of anilines is 1. The number of aromatic nitrogens is 3. The maximum Gasteiger partial charge on any atom is 0.253 e. The van der Waals surface area contributed by atoms with Crippen molar-refractivity contribution >= 4 is 11.7 Å². The van der Waals surface area contributed by atoms with Crippen LogP contribution in [0.4, 0.5) is 5.82 Å². The largest absolute Gasteiger partial charge is 0.357 e. The molecule has 0 fully saturated rings. The summed E-state index contributed by atoms with van der Waals surface area (Å²) >= 11 is 0. The lowest BCUT2D eigenvalue weighted by atomic mass is 10.1. The summed E-state index contributed by atoms with van der Waals surface area (Å²) < 4.78 is 1.80. The molecular formula is C17H25N5O. The predicted molar refractivity (Wildman–Crippen MR) is 91.6 cm³/mol. The molecule has 0 saturated heterocycles. The summed E-state index contributed by atoms with van der Waals surface area (Å²) in [4.78, 5) is 18.9. The van der Waals surface area contributed by atoms with E-state index in [0.717, 1.165) is 30.2 Å². The molecule has 0 saturated carbocycles. The smallest absolute Gasteiger partial charge is 0.253 e. The van der Waals surface area contributed by atoms with Gasteiger partial charge in [-0.3, -0.25) is 9.48 Å². The van der Waals surface area contributed by atoms with Crippen LogP contribution in [0.3, 0.4) is 0 Å². The van der Waals surface area contributed by atoms with Crippen LogP contribution >= 0.6 is 0 Å². The molecule has 1 unspecified atom stereocenters. The molecule has 0 spiro atoms. The van der Waals surface area contributed by atoms with Crippen molar-refractivity contribution in [3.05, 3.63) is 41.3 Å². The number of aryl methyl sites for hydroxylation is 1. The Hall–Kier alpha value is -2.37. The van der Waals surface area contributed by atoms with Crippen molar-refractivity contribution < 1.29 is 4.79 Å². The van der Waals surface area contributed by atoms with E-state index in [1.54, 1.807) is 17.1 Å². The van der Waals surface area contributed by atoms with Crippen molar-refractivity contribution in [2.75, 3.05) is 18.0 Å². The Bertz CT molecular complexity index is 658. The Balaban J connectivity index is 2.07. The summed E-state index contributed by atoms with van der Waals surface area (Å²) in [6, 6.07) is 3.61. The Morgan fingerprint density at radius 3 is 2.48 bits per heavy atom. The molecule has 0 aliphatic carbocycles. The Labute approximate surface area is 137 Å². The second-order valence-corrected chi connectivity index (χ2v) is 5.58. The van der Waals surface area contributed by atoms with Crippen LogP contribution in [-0.2, 0) is 7.05 Å². The molecule has 0 bridgehead atoms. The second kappa shape index (κ2) is 7.26. The fraction of sp³-hybridized carbons (Fsp3) is 0.471. The molecule has 2 aromatic rings. The van der Waals surface area contributed by atoms with Gasteiger partial charge in [-0.1, -0.05) is 0 Å². The molecule has 6 heteroatoms. The van der Waals surface area contributed by atoms with E-state index in [0.29, 0.717) is 5.56 Å². The van der Waals surface area contributed by atoms with Crippen LogP contribution in [0.5, 0.6) is 0 Å². The van der Waals surface area contributed by atoms with Gasteiger partial charge >= 0.3 is 0 Å². The van der Waals surface area contributed by atoms with E-state index in [2.05, 4.69) is 34.1 Å². The van der Waals surface area contributed by atoms with E-state index in [1.807, 2.05) is 33.0 Å². The van der Waals surface area contributed by atoms with E-state index < -0.39 is 0 Å². The monoisotopic (exact) mass is 315 g/mol. The molecule has 0 aliphatic heterocycles. The third-order valence-electron chi connectivity index (χ3n) is 4.18. The summed E-state index contributed by atoms with van der Waals surface area (Å²) in [6.45, 7) is 9.91. The molecular weight excluding hydrogens is 290 g/mol. The minimum atomic E-state index is -0.126. The average molecular weight is 315 g/mol. The van der Waals surface area contributed by atoms with E-state index in [9.17, 15) is 4.79 Å². The molecule has 0 aromatic carbocycles. The van der Waals surface area contributed by atoms with Gasteiger partial charge in [-0.2, -0.15) is 5.10 Å². The van der Waals surface area contributed by atoms with Crippen LogP contribution in [0.1, 0.15) is 48.4 Å². The zero-order chi connectivity index (χ0) is 17.0. The number of hydrogen-bond donors (Lipinski definition) is 1. The van der Waals surface area contributed by atoms with Crippen LogP contribution < -0.4 is 10.2 Å². The number of rotatable bonds is 6. The van der Waals surface area contributed by atoms with Crippen LogP contribution in [-0.4, -0.2) is 33.8 Å². The first-order chi connectivity index (χ1) is 11.0. The van der Waals surface area contributed by atoms with Crippen molar-refractivity contribution in [3.63, 3.8) is 0 Å². The fourth-order valence-electron chi connectivity index (χ4n) is 2.55. The standard InChI is InChI=1S/C17H25N5O/c1-6-22(7-2)16-9-8-14(10-18-16)17(23)20-12(3)15-11-19-21(5)13(15)4/h8-12H,6-7H2,1-5H3,(H,20,23). The first kappa shape index (κ1) is 17.0. The molecule has 0 aliphatic rings. The first-order valence-electron chi connectivity index (χ1n) is 7.98. The van der Waals surface area contributed by atoms with Crippen molar-refractivity contribution in [2.45, 2.75) is 33.7 Å². The van der Waals surface area contributed by atoms with Gasteiger partial charge in [0.25, 0.3) is 5.91 Å². The number of carbonyl (C=O) groups excluding carboxylic acids is 1. The van der Waals surface area contributed by atoms with Crippen LogP contribution in [0, 0.1) is 6.92 Å². The molecule has 2 heterocycles. The highest BCUT2D eigenvalue weighted by atomic mass is 16.1. The maximum atomic E-state index is 12.4. The van der Waals surface area contributed by atoms with E-state index in [-0.39, 0.29) is 11.9 Å². The van der Waals surface area contributed by atoms with Gasteiger partial charge in [0, 0.05) is 37.6 Å². The SMILES string of the molecule is CCN(CC)c1ccc(C(=O)NC(C)c2cnn(C)c2C)cn1. The first-order valence-corrected chi connectivity index (χ1v) is 7.98. The zero-order valence-electron chi connectivity index (χ0n) is 14.5. The third kappa shape index (κ3) is 3.70. The minimum Gasteiger partial charge on any atom is -0.357 e. The van der Waals surface area contributed by atoms with Crippen molar-refractivity contribution in [1.82, 2.24) is 20.1 Å². The highest BCUT2D eigenvalue weighted by Gasteiger charge is 2.16. The van der Waals surface area contributed by atoms with Gasteiger partial charge in [0.1, 0.15) is 5.82 Å². The summed E-state index contributed by atoms with van der Waals surface area (Å²) in [6.07, 6.45) is 3.42. The number of nitrogens with zero attached hydrogens (tertiary/aromatic N) is 4. The van der Waals surface area contributed by atoms with Gasteiger partial charge in [-0.05, 0) is 39.8 Å². The molecule has 6 nitrogen and oxygen atoms in total. The lowest BCUT2D eigenvalue weighted by Gasteiger charge is -2.19. The lowest BCUT2D eigenvalue weighted by Crippen LogP contribution is -2.27. The fourth-order valence-corrected chi connectivity index (χ4v) is 2.55. The van der Waals surface area contributed by atoms with Crippen LogP contribution in [0.2, 0.25) is 0 Å². The number of amides is 1. The van der Waals surface area contributed by atoms with Gasteiger partial charge in [-0.15, -0.1) is 0 Å². The molecule has 1 N–H and O–H groups in total. The summed E-state index contributed by atoms with van der Waals surface area (Å²) in [7, 11) is 1.89. The summed E-state index contributed by atoms with van der Waals surface area (Å²) in [5, 5.41) is 7.21. The van der Waals surface area contributed by atoms with Crippen molar-refractivity contribution in [2.24, 2.45) is 7.05 Å². The molecule has 23 heavy (non-hydrogen) atoms. The predicted octanol–water partition coefficient (Wildman–Crippen LogP) is 2.46. The Kier molecular flexibility index (Phi) is 5.36. The van der Waals surface area contributed by atoms with Gasteiger partial charge in [0.05, 0.1) is 17.8 Å². The quantitative estimate of drug-likeness (QED) is 0.889. The van der Waals surface area contributed by atoms with Crippen molar-refractivity contribution in [1.29, 1.82) is 0 Å². The van der Waals surface area contributed by atoms with Crippen LogP contribution in [0.15, 0.2) is 24.5 Å². The van der Waals surface area contributed by atoms with E-state index in [1.165, 1.54) is 0 Å². The topological polar surface area (TPSA) is 63.1 Å². The van der Waals surface area contributed by atoms with E-state index in [4.69, 9.17) is 0 Å². The molecule has 2 rings (SSSR count). The van der Waals surface area contributed by atoms with Crippen molar-refractivity contribution in [3.8, 4) is 0 Å². The van der Waals surface area contributed by atoms with Crippen LogP contribution in [0.25, 0.3) is 0 Å². The number of hydrogen-bond acceptors (Lipinski definition) is 4. The summed E-state index contributed by atoms with van der Waals surface area (Å²) in [5.41, 5.74) is 2.63. The molecule has 124 valence electrons. The lowest BCUT2D eigenvalue weighted by molar-refractivity contribution is 0.0939. The minimum absolute atomic E-state index is 0.0985. The van der Waals surface area contributed by atoms with Gasteiger partial charge in [0.15, 0.2) is 0 Å². The normalized spacial score (nSPS) is 12.0. The highest BCUT2D eigenvalue weighted by molar-refractivity contribution is 5.94. The Morgan fingerprint density at radius 2 is 2.00 bits per heavy atom. The van der Waals surface area contributed by atoms with E-state index >= 15 is 0 Å². The molecule has 0 radical (unpaired) electrons. The molecule has 1 atom stereocenters. The zero-order valence-corrected chi connectivity index (χ0v) is 14.5. The Morgan fingerprint density at radius 1 is 1.30 bits per heavy atom. The third-order valence-corrected chi connectivity index (χ3v) is 4.18. The number of carbonyl (C=O) groups is 1. The highest BCUT2D eigenvalue weighted by Crippen LogP contribution is 2.17. The number of nitrogens with one attached hydrogen (secondary N) is 1. The summed E-state index contributed by atoms with van der Waals surface area (Å²) in [5.74, 6) is 0.766.